The Morgan fingerprint density at radius 3 is 2.00 bits per heavy atom. The van der Waals surface area contributed by atoms with E-state index in [4.69, 9.17) is 47.7 Å². The van der Waals surface area contributed by atoms with Crippen LogP contribution >= 0.6 is 7.82 Å². The molecule has 1 aliphatic heterocycles. The van der Waals surface area contributed by atoms with Gasteiger partial charge in [0.15, 0.2) is 18.0 Å². The topological polar surface area (TPSA) is 231 Å². The molecule has 1 fully saturated rings. The SMILES string of the molecule is CCCCCCCCCCCCCCCCOCCCO[P@](=O)(OCOC(=O)OC(C)C)OC[C@H]1O[C@@](C#N)(c2ccc3c(N)ncnn23)[C@H](OC(=O)C(C)C)[C@@H]1OC(=O)C(C)C. The van der Waals surface area contributed by atoms with E-state index in [0.717, 1.165) is 19.3 Å². The van der Waals surface area contributed by atoms with E-state index >= 15 is 0 Å². The summed E-state index contributed by atoms with van der Waals surface area (Å²) in [5.74, 6) is -2.65. The minimum Gasteiger partial charge on any atom is -0.455 e. The van der Waals surface area contributed by atoms with Crippen molar-refractivity contribution in [3.63, 3.8) is 0 Å². The number of nitrogens with zero attached hydrogens (tertiary/aromatic N) is 4. The second-order valence-electron chi connectivity index (χ2n) is 16.7. The van der Waals surface area contributed by atoms with Crippen molar-refractivity contribution in [3.8, 4) is 6.07 Å². The Morgan fingerprint density at radius 1 is 0.825 bits per heavy atom. The number of nitrogens with two attached hydrogens (primary N) is 1. The number of hydrogen-bond acceptors (Lipinski definition) is 17. The van der Waals surface area contributed by atoms with Crippen molar-refractivity contribution in [2.75, 3.05) is 39.0 Å². The number of carbonyl (C=O) groups excluding carboxylic acids is 3. The predicted molar refractivity (Wildman–Crippen MR) is 233 cm³/mol. The lowest BCUT2D eigenvalue weighted by Gasteiger charge is -2.29. The van der Waals surface area contributed by atoms with Crippen molar-refractivity contribution in [2.24, 2.45) is 11.8 Å². The van der Waals surface area contributed by atoms with E-state index in [0.29, 0.717) is 25.2 Å². The van der Waals surface area contributed by atoms with Crippen molar-refractivity contribution in [3.05, 3.63) is 24.2 Å². The smallest absolute Gasteiger partial charge is 0.455 e. The molecule has 5 atom stereocenters. The Hall–Kier alpha value is -3.85. The van der Waals surface area contributed by atoms with Crippen LogP contribution in [-0.4, -0.2) is 90.3 Å². The summed E-state index contributed by atoms with van der Waals surface area (Å²) in [5, 5.41) is 15.1. The van der Waals surface area contributed by atoms with Crippen molar-refractivity contribution >= 4 is 37.3 Å². The molecule has 0 saturated carbocycles. The number of fused-ring (bicyclic) bond motifs is 1. The lowest BCUT2D eigenvalue weighted by Crippen LogP contribution is -2.47. The Labute approximate surface area is 373 Å². The van der Waals surface area contributed by atoms with E-state index in [2.05, 4.69) is 23.1 Å². The molecule has 0 radical (unpaired) electrons. The largest absolute Gasteiger partial charge is 0.510 e. The molecule has 0 aromatic carbocycles. The van der Waals surface area contributed by atoms with Gasteiger partial charge < -0.3 is 34.2 Å². The van der Waals surface area contributed by atoms with Crippen LogP contribution in [0.15, 0.2) is 18.5 Å². The van der Waals surface area contributed by atoms with Crippen LogP contribution in [0.25, 0.3) is 5.52 Å². The summed E-state index contributed by atoms with van der Waals surface area (Å²) in [5.41, 5.74) is 4.31. The Kier molecular flexibility index (Phi) is 23.9. The van der Waals surface area contributed by atoms with Gasteiger partial charge >= 0.3 is 25.9 Å². The van der Waals surface area contributed by atoms with Gasteiger partial charge in [-0.3, -0.25) is 18.6 Å². The van der Waals surface area contributed by atoms with Gasteiger partial charge in [-0.2, -0.15) is 10.4 Å². The molecule has 0 bridgehead atoms. The fraction of sp³-hybridized carbons (Fsp3) is 0.773. The fourth-order valence-electron chi connectivity index (χ4n) is 6.81. The molecule has 3 rings (SSSR count). The van der Waals surface area contributed by atoms with Crippen LogP contribution in [0.1, 0.15) is 150 Å². The van der Waals surface area contributed by atoms with Crippen molar-refractivity contribution in [1.29, 1.82) is 5.26 Å². The molecular weight excluding hydrogens is 837 g/mol. The van der Waals surface area contributed by atoms with Crippen LogP contribution in [0.4, 0.5) is 10.6 Å². The molecule has 1 saturated heterocycles. The predicted octanol–water partition coefficient (Wildman–Crippen LogP) is 9.13. The lowest BCUT2D eigenvalue weighted by atomic mass is 9.92. The van der Waals surface area contributed by atoms with E-state index in [1.807, 2.05) is 0 Å². The van der Waals surface area contributed by atoms with Gasteiger partial charge in [0.25, 0.3) is 0 Å². The zero-order chi connectivity index (χ0) is 46.3. The van der Waals surface area contributed by atoms with Gasteiger partial charge in [-0.15, -0.1) is 0 Å². The summed E-state index contributed by atoms with van der Waals surface area (Å²) in [7, 11) is -4.60. The molecule has 0 unspecified atom stereocenters. The molecule has 3 heterocycles. The minimum absolute atomic E-state index is 0.0746. The molecule has 0 amide bonds. The lowest BCUT2D eigenvalue weighted by molar-refractivity contribution is -0.173. The first-order valence-corrected chi connectivity index (χ1v) is 24.2. The summed E-state index contributed by atoms with van der Waals surface area (Å²) in [6.45, 7) is 11.1. The van der Waals surface area contributed by atoms with Crippen LogP contribution in [0.5, 0.6) is 0 Å². The second kappa shape index (κ2) is 28.1. The maximum atomic E-state index is 14.1. The molecule has 356 valence electrons. The number of phosphoric acid groups is 1. The highest BCUT2D eigenvalue weighted by molar-refractivity contribution is 7.48. The van der Waals surface area contributed by atoms with E-state index in [-0.39, 0.29) is 18.1 Å². The van der Waals surface area contributed by atoms with Crippen LogP contribution in [0.3, 0.4) is 0 Å². The first-order valence-electron chi connectivity index (χ1n) is 22.7. The number of hydrogen-bond donors (Lipinski definition) is 1. The van der Waals surface area contributed by atoms with Crippen molar-refractivity contribution in [1.82, 2.24) is 14.6 Å². The highest BCUT2D eigenvalue weighted by Crippen LogP contribution is 2.51. The number of esters is 2. The first kappa shape index (κ1) is 53.5. The summed E-state index contributed by atoms with van der Waals surface area (Å²) in [6.07, 6.45) is 13.1. The van der Waals surface area contributed by atoms with Crippen molar-refractivity contribution < 1.29 is 60.9 Å². The molecule has 19 heteroatoms. The molecule has 2 N–H and O–H groups in total. The van der Waals surface area contributed by atoms with Crippen LogP contribution in [-0.2, 0) is 61.7 Å². The monoisotopic (exact) mass is 909 g/mol. The fourth-order valence-corrected chi connectivity index (χ4v) is 7.90. The highest BCUT2D eigenvalue weighted by Gasteiger charge is 2.63. The first-order chi connectivity index (χ1) is 30.2. The normalized spacial score (nSPS) is 19.7. The maximum Gasteiger partial charge on any atom is 0.510 e. The van der Waals surface area contributed by atoms with E-state index in [1.54, 1.807) is 47.6 Å². The number of aromatic nitrogens is 3. The second-order valence-corrected chi connectivity index (χ2v) is 18.3. The zero-order valence-electron chi connectivity index (χ0n) is 38.5. The summed E-state index contributed by atoms with van der Waals surface area (Å²) in [4.78, 5) is 42.5. The van der Waals surface area contributed by atoms with Gasteiger partial charge in [0.2, 0.25) is 12.4 Å². The summed E-state index contributed by atoms with van der Waals surface area (Å²) >= 11 is 0. The number of rotatable bonds is 32. The number of nitriles is 1. The van der Waals surface area contributed by atoms with E-state index in [9.17, 15) is 24.2 Å². The molecule has 18 nitrogen and oxygen atoms in total. The maximum absolute atomic E-state index is 14.1. The Morgan fingerprint density at radius 2 is 1.41 bits per heavy atom. The van der Waals surface area contributed by atoms with Crippen molar-refractivity contribution in [2.45, 2.75) is 175 Å². The van der Waals surface area contributed by atoms with Gasteiger partial charge in [-0.1, -0.05) is 118 Å². The number of carbonyl (C=O) groups is 3. The van der Waals surface area contributed by atoms with Crippen LogP contribution in [0.2, 0.25) is 0 Å². The average molecular weight is 910 g/mol. The van der Waals surface area contributed by atoms with Crippen LogP contribution in [0, 0.1) is 23.2 Å². The number of nitrogen functional groups attached to an aromatic ring is 1. The standard InChI is InChI=1S/C44H72N5O13P/c1-8-9-10-11-12-13-14-15-16-17-18-19-20-21-25-54-26-22-27-56-63(53,58-31-55-43(52)59-34(6)7)57-28-36-38(60-41(50)32(2)3)39(61-42(51)33(4)5)44(29-45,62-36)37-24-23-35-40(46)47-30-48-49(35)37/h23-24,30,32-34,36,38-39H,8-22,25-28,31H2,1-7H3,(H2,46,47,48)/t36-,38-,39-,44+,63+/m1/s1. The minimum atomic E-state index is -4.60. The van der Waals surface area contributed by atoms with E-state index < -0.39 is 81.2 Å². The van der Waals surface area contributed by atoms with E-state index in [1.165, 1.54) is 87.5 Å². The number of phosphoric ester groups is 1. The third-order valence-corrected chi connectivity index (χ3v) is 11.7. The number of ether oxygens (including phenoxy) is 6. The third-order valence-electron chi connectivity index (χ3n) is 10.3. The molecular formula is C44H72N5O13P. The van der Waals surface area contributed by atoms with Gasteiger partial charge in [-0.05, 0) is 38.8 Å². The Balaban J connectivity index is 1.66. The third kappa shape index (κ3) is 17.6. The van der Waals surface area contributed by atoms with Gasteiger partial charge in [0.05, 0.1) is 36.8 Å². The summed E-state index contributed by atoms with van der Waals surface area (Å²) in [6, 6.07) is 5.16. The summed E-state index contributed by atoms with van der Waals surface area (Å²) < 4.78 is 66.1. The van der Waals surface area contributed by atoms with Gasteiger partial charge in [-0.25, -0.2) is 23.4 Å². The average Bonchev–Trinajstić information content (AvgIpc) is 3.81. The molecule has 0 spiro atoms. The van der Waals surface area contributed by atoms with Gasteiger partial charge in [0, 0.05) is 13.2 Å². The highest BCUT2D eigenvalue weighted by atomic mass is 31.2. The number of unbranched alkanes of at least 4 members (excludes halogenated alkanes) is 13. The quantitative estimate of drug-likeness (QED) is 0.0237. The zero-order valence-corrected chi connectivity index (χ0v) is 39.4. The Bertz CT molecular complexity index is 1770. The molecule has 0 aliphatic carbocycles. The van der Waals surface area contributed by atoms with Gasteiger partial charge in [0.1, 0.15) is 24.0 Å². The molecule has 2 aromatic heterocycles. The molecule has 2 aromatic rings. The molecule has 63 heavy (non-hydrogen) atoms. The van der Waals surface area contributed by atoms with Crippen LogP contribution < -0.4 is 5.73 Å². The molecule has 1 aliphatic rings. The number of anilines is 1.